The Bertz CT molecular complexity index is 410. The molecule has 102 valence electrons. The van der Waals surface area contributed by atoms with Crippen molar-refractivity contribution in [2.45, 2.75) is 20.8 Å². The lowest BCUT2D eigenvalue weighted by atomic mass is 10.1. The number of likely N-dealkylation sites (N-methyl/N-ethyl adjacent to an activating group) is 1. The van der Waals surface area contributed by atoms with Gasteiger partial charge in [0.1, 0.15) is 0 Å². The van der Waals surface area contributed by atoms with Gasteiger partial charge in [-0.3, -0.25) is 9.69 Å². The predicted molar refractivity (Wildman–Crippen MR) is 73.2 cm³/mol. The van der Waals surface area contributed by atoms with Crippen molar-refractivity contribution in [3.05, 3.63) is 23.0 Å². The number of nitrogens with zero attached hydrogens (tertiary/aromatic N) is 2. The maximum atomic E-state index is 12.2. The summed E-state index contributed by atoms with van der Waals surface area (Å²) < 4.78 is 7.33. The third-order valence-electron chi connectivity index (χ3n) is 3.31. The van der Waals surface area contributed by atoms with Crippen molar-refractivity contribution in [1.29, 1.82) is 0 Å². The molecule has 0 aromatic carbocycles. The van der Waals surface area contributed by atoms with E-state index in [1.54, 1.807) is 0 Å². The lowest BCUT2D eigenvalue weighted by Gasteiger charge is -2.15. The number of ether oxygens (including phenoxy) is 1. The highest BCUT2D eigenvalue weighted by atomic mass is 16.5. The van der Waals surface area contributed by atoms with Gasteiger partial charge in [-0.15, -0.1) is 0 Å². The van der Waals surface area contributed by atoms with Crippen molar-refractivity contribution in [3.63, 3.8) is 0 Å². The van der Waals surface area contributed by atoms with Crippen molar-refractivity contribution in [1.82, 2.24) is 9.47 Å². The van der Waals surface area contributed by atoms with Crippen LogP contribution in [0, 0.1) is 13.8 Å². The highest BCUT2D eigenvalue weighted by Gasteiger charge is 2.15. The van der Waals surface area contributed by atoms with Gasteiger partial charge in [0.15, 0.2) is 5.78 Å². The molecule has 1 heterocycles. The van der Waals surface area contributed by atoms with E-state index in [1.165, 1.54) is 0 Å². The van der Waals surface area contributed by atoms with Gasteiger partial charge in [-0.1, -0.05) is 0 Å². The summed E-state index contributed by atoms with van der Waals surface area (Å²) in [6, 6.07) is 1.97. The topological polar surface area (TPSA) is 34.5 Å². The summed E-state index contributed by atoms with van der Waals surface area (Å²) in [6.45, 7) is 8.60. The largest absolute Gasteiger partial charge is 0.380 e. The maximum absolute atomic E-state index is 12.2. The van der Waals surface area contributed by atoms with Crippen LogP contribution in [0.3, 0.4) is 0 Å². The van der Waals surface area contributed by atoms with E-state index in [0.717, 1.165) is 30.1 Å². The van der Waals surface area contributed by atoms with E-state index in [4.69, 9.17) is 4.74 Å². The standard InChI is InChI=1S/C14H24N2O2/c1-6-18-8-7-15(4)10-14(17)13-9-11(2)16(5)12(13)3/h9H,6-8,10H2,1-5H3. The number of ketones is 1. The Morgan fingerprint density at radius 1 is 1.44 bits per heavy atom. The molecule has 0 bridgehead atoms. The average Bonchev–Trinajstić information content (AvgIpc) is 2.57. The number of aryl methyl sites for hydroxylation is 1. The second kappa shape index (κ2) is 6.71. The summed E-state index contributed by atoms with van der Waals surface area (Å²) in [5.41, 5.74) is 2.99. The molecule has 0 N–H and O–H groups in total. The number of Topliss-reactive ketones (excluding diaryl/α,β-unsaturated/α-hetero) is 1. The number of carbonyl (C=O) groups is 1. The fourth-order valence-electron chi connectivity index (χ4n) is 1.91. The molecule has 0 amide bonds. The van der Waals surface area contributed by atoms with Gasteiger partial charge >= 0.3 is 0 Å². The first-order valence-electron chi connectivity index (χ1n) is 6.39. The third kappa shape index (κ3) is 3.68. The smallest absolute Gasteiger partial charge is 0.178 e. The van der Waals surface area contributed by atoms with Crippen LogP contribution >= 0.6 is 0 Å². The summed E-state index contributed by atoms with van der Waals surface area (Å²) >= 11 is 0. The first-order chi connectivity index (χ1) is 8.47. The average molecular weight is 252 g/mol. The molecule has 1 aromatic rings. The van der Waals surface area contributed by atoms with Crippen LogP contribution in [0.25, 0.3) is 0 Å². The first-order valence-corrected chi connectivity index (χ1v) is 6.39. The Labute approximate surface area is 110 Å². The number of carbonyl (C=O) groups excluding carboxylic acids is 1. The van der Waals surface area contributed by atoms with Crippen LogP contribution in [0.2, 0.25) is 0 Å². The van der Waals surface area contributed by atoms with Gasteiger partial charge in [0.25, 0.3) is 0 Å². The molecule has 0 aliphatic carbocycles. The SMILES string of the molecule is CCOCCN(C)CC(=O)c1cc(C)n(C)c1C. The van der Waals surface area contributed by atoms with Crippen LogP contribution in [0.1, 0.15) is 28.7 Å². The molecule has 1 rings (SSSR count). The quantitative estimate of drug-likeness (QED) is 0.548. The second-order valence-electron chi connectivity index (χ2n) is 4.70. The van der Waals surface area contributed by atoms with Gasteiger partial charge in [-0.25, -0.2) is 0 Å². The number of hydrogen-bond donors (Lipinski definition) is 0. The van der Waals surface area contributed by atoms with Crippen LogP contribution in [0.15, 0.2) is 6.07 Å². The highest BCUT2D eigenvalue weighted by molar-refractivity contribution is 5.98. The van der Waals surface area contributed by atoms with Crippen LogP contribution < -0.4 is 0 Å². The number of hydrogen-bond acceptors (Lipinski definition) is 3. The first kappa shape index (κ1) is 14.9. The zero-order valence-corrected chi connectivity index (χ0v) is 12.1. The fourth-order valence-corrected chi connectivity index (χ4v) is 1.91. The molecule has 0 unspecified atom stereocenters. The Balaban J connectivity index is 2.57. The van der Waals surface area contributed by atoms with Crippen LogP contribution in [-0.4, -0.2) is 48.6 Å². The molecule has 0 aliphatic heterocycles. The molecule has 0 radical (unpaired) electrons. The molecule has 0 saturated heterocycles. The minimum Gasteiger partial charge on any atom is -0.380 e. The van der Waals surface area contributed by atoms with Crippen molar-refractivity contribution in [2.24, 2.45) is 7.05 Å². The van der Waals surface area contributed by atoms with Gasteiger partial charge in [0.2, 0.25) is 0 Å². The summed E-state index contributed by atoms with van der Waals surface area (Å²) in [6.07, 6.45) is 0. The minimum absolute atomic E-state index is 0.176. The zero-order chi connectivity index (χ0) is 13.7. The van der Waals surface area contributed by atoms with Crippen LogP contribution in [0.5, 0.6) is 0 Å². The Morgan fingerprint density at radius 2 is 2.11 bits per heavy atom. The van der Waals surface area contributed by atoms with Crippen molar-refractivity contribution in [3.8, 4) is 0 Å². The van der Waals surface area contributed by atoms with E-state index < -0.39 is 0 Å². The molecule has 4 nitrogen and oxygen atoms in total. The van der Waals surface area contributed by atoms with Gasteiger partial charge in [-0.05, 0) is 33.9 Å². The van der Waals surface area contributed by atoms with E-state index in [0.29, 0.717) is 13.2 Å². The van der Waals surface area contributed by atoms with Gasteiger partial charge in [0, 0.05) is 37.2 Å². The maximum Gasteiger partial charge on any atom is 0.178 e. The lowest BCUT2D eigenvalue weighted by molar-refractivity contribution is 0.0896. The summed E-state index contributed by atoms with van der Waals surface area (Å²) in [5, 5.41) is 0. The minimum atomic E-state index is 0.176. The third-order valence-corrected chi connectivity index (χ3v) is 3.31. The molecular weight excluding hydrogens is 228 g/mol. The molecule has 0 fully saturated rings. The van der Waals surface area contributed by atoms with E-state index in [-0.39, 0.29) is 5.78 Å². The molecule has 0 saturated carbocycles. The number of rotatable bonds is 7. The Hall–Kier alpha value is -1.13. The Morgan fingerprint density at radius 3 is 2.61 bits per heavy atom. The van der Waals surface area contributed by atoms with Crippen molar-refractivity contribution < 1.29 is 9.53 Å². The molecule has 0 atom stereocenters. The van der Waals surface area contributed by atoms with Gasteiger partial charge < -0.3 is 9.30 Å². The normalized spacial score (nSPS) is 11.2. The zero-order valence-electron chi connectivity index (χ0n) is 12.1. The number of aromatic nitrogens is 1. The van der Waals surface area contributed by atoms with E-state index in [1.807, 2.05) is 50.4 Å². The lowest BCUT2D eigenvalue weighted by Crippen LogP contribution is -2.29. The van der Waals surface area contributed by atoms with Crippen molar-refractivity contribution in [2.75, 3.05) is 33.4 Å². The van der Waals surface area contributed by atoms with Gasteiger partial charge in [0.05, 0.1) is 13.2 Å². The van der Waals surface area contributed by atoms with Crippen molar-refractivity contribution >= 4 is 5.78 Å². The van der Waals surface area contributed by atoms with E-state index >= 15 is 0 Å². The fraction of sp³-hybridized carbons (Fsp3) is 0.643. The molecule has 0 aliphatic rings. The second-order valence-corrected chi connectivity index (χ2v) is 4.70. The van der Waals surface area contributed by atoms with Crippen LogP contribution in [-0.2, 0) is 11.8 Å². The summed E-state index contributed by atoms with van der Waals surface area (Å²) in [5.74, 6) is 0.176. The van der Waals surface area contributed by atoms with E-state index in [2.05, 4.69) is 0 Å². The van der Waals surface area contributed by atoms with Gasteiger partial charge in [-0.2, -0.15) is 0 Å². The molecular formula is C14H24N2O2. The molecule has 4 heteroatoms. The summed E-state index contributed by atoms with van der Waals surface area (Å²) in [4.78, 5) is 14.2. The van der Waals surface area contributed by atoms with E-state index in [9.17, 15) is 4.79 Å². The summed E-state index contributed by atoms with van der Waals surface area (Å²) in [7, 11) is 3.93. The molecule has 18 heavy (non-hydrogen) atoms. The van der Waals surface area contributed by atoms with Crippen LogP contribution in [0.4, 0.5) is 0 Å². The highest BCUT2D eigenvalue weighted by Crippen LogP contribution is 2.14. The molecule has 0 spiro atoms. The predicted octanol–water partition coefficient (Wildman–Crippen LogP) is 1.79. The Kier molecular flexibility index (Phi) is 5.56. The monoisotopic (exact) mass is 252 g/mol. The molecule has 1 aromatic heterocycles.